The summed E-state index contributed by atoms with van der Waals surface area (Å²) in [6, 6.07) is 12.4. The smallest absolute Gasteiger partial charge is 0.311 e. The summed E-state index contributed by atoms with van der Waals surface area (Å²) in [5.74, 6) is 0.213. The highest BCUT2D eigenvalue weighted by molar-refractivity contribution is 9.10. The zero-order chi connectivity index (χ0) is 17.6. The molecule has 0 radical (unpaired) electrons. The lowest BCUT2D eigenvalue weighted by atomic mass is 10.1. The van der Waals surface area contributed by atoms with Crippen LogP contribution in [0.2, 0.25) is 0 Å². The molecule has 0 saturated carbocycles. The molecular formula is C18H13BrN4O2. The summed E-state index contributed by atoms with van der Waals surface area (Å²) >= 11 is 3.39. The molecule has 1 aromatic carbocycles. The second-order valence-electron chi connectivity index (χ2n) is 5.15. The standard InChI is InChI=1S/C18H13BrN4O2/c19-15-9-14(11-20-12-15)7-6-13-3-1-4-16(10-13)22-18-17(23(24)25)5-2-8-21-18/h1-12H,(H,21,22)/b7-6+. The van der Waals surface area contributed by atoms with E-state index in [-0.39, 0.29) is 11.5 Å². The molecule has 0 atom stereocenters. The topological polar surface area (TPSA) is 81.0 Å². The van der Waals surface area contributed by atoms with Crippen LogP contribution in [0.5, 0.6) is 0 Å². The Hall–Kier alpha value is -3.06. The van der Waals surface area contributed by atoms with Crippen LogP contribution in [-0.4, -0.2) is 14.9 Å². The van der Waals surface area contributed by atoms with Gasteiger partial charge >= 0.3 is 5.69 Å². The van der Waals surface area contributed by atoms with E-state index in [0.717, 1.165) is 21.3 Å². The first-order valence-electron chi connectivity index (χ1n) is 7.37. The SMILES string of the molecule is O=[N+]([O-])c1cccnc1Nc1cccc(/C=C/c2cncc(Br)c2)c1. The Bertz CT molecular complexity index is 944. The maximum absolute atomic E-state index is 11.1. The van der Waals surface area contributed by atoms with Crippen LogP contribution in [0.3, 0.4) is 0 Å². The first-order valence-corrected chi connectivity index (χ1v) is 8.16. The Balaban J connectivity index is 1.82. The predicted octanol–water partition coefficient (Wildman–Crippen LogP) is 5.06. The van der Waals surface area contributed by atoms with Crippen molar-refractivity contribution in [3.8, 4) is 0 Å². The number of nitrogens with zero attached hydrogens (tertiary/aromatic N) is 3. The second kappa shape index (κ2) is 7.67. The summed E-state index contributed by atoms with van der Waals surface area (Å²) < 4.78 is 0.910. The van der Waals surface area contributed by atoms with E-state index in [1.807, 2.05) is 42.5 Å². The summed E-state index contributed by atoms with van der Waals surface area (Å²) in [5.41, 5.74) is 2.57. The molecule has 0 unspecified atom stereocenters. The number of nitro groups is 1. The largest absolute Gasteiger partial charge is 0.334 e. The average Bonchev–Trinajstić information content (AvgIpc) is 2.61. The van der Waals surface area contributed by atoms with Crippen molar-refractivity contribution in [2.45, 2.75) is 0 Å². The van der Waals surface area contributed by atoms with Crippen LogP contribution in [0, 0.1) is 10.1 Å². The van der Waals surface area contributed by atoms with Gasteiger partial charge in [0.05, 0.1) is 4.92 Å². The highest BCUT2D eigenvalue weighted by atomic mass is 79.9. The molecule has 124 valence electrons. The van der Waals surface area contributed by atoms with Crippen LogP contribution in [0.15, 0.2) is 65.5 Å². The lowest BCUT2D eigenvalue weighted by molar-refractivity contribution is -0.384. The zero-order valence-corrected chi connectivity index (χ0v) is 14.6. The van der Waals surface area contributed by atoms with Crippen LogP contribution >= 0.6 is 15.9 Å². The van der Waals surface area contributed by atoms with E-state index in [0.29, 0.717) is 0 Å². The third-order valence-electron chi connectivity index (χ3n) is 3.33. The average molecular weight is 397 g/mol. The molecule has 2 heterocycles. The van der Waals surface area contributed by atoms with Gasteiger partial charge in [0.1, 0.15) is 0 Å². The molecule has 0 bridgehead atoms. The van der Waals surface area contributed by atoms with Crippen molar-refractivity contribution in [3.63, 3.8) is 0 Å². The molecule has 2 aromatic heterocycles. The van der Waals surface area contributed by atoms with Gasteiger partial charge < -0.3 is 5.32 Å². The van der Waals surface area contributed by atoms with Crippen LogP contribution in [-0.2, 0) is 0 Å². The molecule has 25 heavy (non-hydrogen) atoms. The maximum Gasteiger partial charge on any atom is 0.311 e. The minimum atomic E-state index is -0.459. The molecule has 0 saturated heterocycles. The van der Waals surface area contributed by atoms with Crippen LogP contribution in [0.1, 0.15) is 11.1 Å². The molecule has 6 nitrogen and oxygen atoms in total. The number of hydrogen-bond donors (Lipinski definition) is 1. The summed E-state index contributed by atoms with van der Waals surface area (Å²) in [5, 5.41) is 14.1. The minimum Gasteiger partial charge on any atom is -0.334 e. The van der Waals surface area contributed by atoms with Gasteiger partial charge in [0.15, 0.2) is 0 Å². The molecule has 0 aliphatic carbocycles. The fraction of sp³-hybridized carbons (Fsp3) is 0. The molecule has 3 aromatic rings. The minimum absolute atomic E-state index is 0.0661. The van der Waals surface area contributed by atoms with E-state index in [1.165, 1.54) is 18.3 Å². The van der Waals surface area contributed by atoms with Crippen molar-refractivity contribution in [1.82, 2.24) is 9.97 Å². The molecule has 0 spiro atoms. The van der Waals surface area contributed by atoms with Gasteiger partial charge in [-0.15, -0.1) is 0 Å². The Labute approximate surface area is 152 Å². The Morgan fingerprint density at radius 2 is 1.92 bits per heavy atom. The third-order valence-corrected chi connectivity index (χ3v) is 3.76. The fourth-order valence-electron chi connectivity index (χ4n) is 2.21. The van der Waals surface area contributed by atoms with E-state index in [1.54, 1.807) is 12.4 Å². The van der Waals surface area contributed by atoms with Crippen molar-refractivity contribution in [1.29, 1.82) is 0 Å². The zero-order valence-electron chi connectivity index (χ0n) is 13.0. The number of halogens is 1. The van der Waals surface area contributed by atoms with Crippen LogP contribution in [0.25, 0.3) is 12.2 Å². The van der Waals surface area contributed by atoms with E-state index in [9.17, 15) is 10.1 Å². The van der Waals surface area contributed by atoms with Gasteiger partial charge in [0, 0.05) is 34.8 Å². The highest BCUT2D eigenvalue weighted by Crippen LogP contribution is 2.25. The monoisotopic (exact) mass is 396 g/mol. The van der Waals surface area contributed by atoms with E-state index in [4.69, 9.17) is 0 Å². The van der Waals surface area contributed by atoms with Gasteiger partial charge in [-0.1, -0.05) is 24.3 Å². The molecule has 3 rings (SSSR count). The number of rotatable bonds is 5. The summed E-state index contributed by atoms with van der Waals surface area (Å²) in [6.07, 6.45) is 8.89. The first-order chi connectivity index (χ1) is 12.1. The van der Waals surface area contributed by atoms with Crippen molar-refractivity contribution < 1.29 is 4.92 Å². The van der Waals surface area contributed by atoms with Crippen molar-refractivity contribution in [2.75, 3.05) is 5.32 Å². The molecule has 7 heteroatoms. The number of aromatic nitrogens is 2. The van der Waals surface area contributed by atoms with E-state index >= 15 is 0 Å². The Kier molecular flexibility index (Phi) is 5.15. The van der Waals surface area contributed by atoms with Gasteiger partial charge in [0.2, 0.25) is 5.82 Å². The summed E-state index contributed by atoms with van der Waals surface area (Å²) in [7, 11) is 0. The predicted molar refractivity (Wildman–Crippen MR) is 101 cm³/mol. The molecular weight excluding hydrogens is 384 g/mol. The number of hydrogen-bond acceptors (Lipinski definition) is 5. The quantitative estimate of drug-likeness (QED) is 0.481. The van der Waals surface area contributed by atoms with Gasteiger partial charge in [-0.3, -0.25) is 15.1 Å². The molecule has 0 aliphatic heterocycles. The van der Waals surface area contributed by atoms with Gasteiger partial charge in [0.25, 0.3) is 0 Å². The summed E-state index contributed by atoms with van der Waals surface area (Å²) in [6.45, 7) is 0. The number of nitrogens with one attached hydrogen (secondary N) is 1. The highest BCUT2D eigenvalue weighted by Gasteiger charge is 2.13. The van der Waals surface area contributed by atoms with Gasteiger partial charge in [-0.2, -0.15) is 0 Å². The normalized spacial score (nSPS) is 10.8. The van der Waals surface area contributed by atoms with Crippen molar-refractivity contribution >= 4 is 45.3 Å². The van der Waals surface area contributed by atoms with Crippen LogP contribution < -0.4 is 5.32 Å². The molecule has 0 fully saturated rings. The lowest BCUT2D eigenvalue weighted by Crippen LogP contribution is -1.99. The lowest BCUT2D eigenvalue weighted by Gasteiger charge is -2.06. The molecule has 0 amide bonds. The number of anilines is 2. The van der Waals surface area contributed by atoms with Gasteiger partial charge in [-0.05, 0) is 51.3 Å². The Morgan fingerprint density at radius 3 is 2.72 bits per heavy atom. The molecule has 1 N–H and O–H groups in total. The third kappa shape index (κ3) is 4.48. The van der Waals surface area contributed by atoms with Crippen molar-refractivity contribution in [3.05, 3.63) is 86.8 Å². The number of pyridine rings is 2. The Morgan fingerprint density at radius 1 is 1.08 bits per heavy atom. The van der Waals surface area contributed by atoms with Crippen LogP contribution in [0.4, 0.5) is 17.2 Å². The van der Waals surface area contributed by atoms with E-state index in [2.05, 4.69) is 31.2 Å². The maximum atomic E-state index is 11.1. The second-order valence-corrected chi connectivity index (χ2v) is 6.06. The molecule has 0 aliphatic rings. The number of benzene rings is 1. The van der Waals surface area contributed by atoms with Crippen molar-refractivity contribution in [2.24, 2.45) is 0 Å². The fourth-order valence-corrected chi connectivity index (χ4v) is 2.59. The van der Waals surface area contributed by atoms with E-state index < -0.39 is 4.92 Å². The first kappa shape index (κ1) is 16.8. The van der Waals surface area contributed by atoms with Gasteiger partial charge in [-0.25, -0.2) is 4.98 Å². The summed E-state index contributed by atoms with van der Waals surface area (Å²) in [4.78, 5) is 18.8.